The summed E-state index contributed by atoms with van der Waals surface area (Å²) in [5.41, 5.74) is 6.51. The fourth-order valence-electron chi connectivity index (χ4n) is 3.31. The van der Waals surface area contributed by atoms with Gasteiger partial charge in [-0.05, 0) is 49.8 Å². The zero-order valence-corrected chi connectivity index (χ0v) is 14.1. The van der Waals surface area contributed by atoms with Gasteiger partial charge in [-0.2, -0.15) is 0 Å². The highest BCUT2D eigenvalue weighted by Crippen LogP contribution is 2.43. The summed E-state index contributed by atoms with van der Waals surface area (Å²) in [6.45, 7) is 3.40. The third-order valence-electron chi connectivity index (χ3n) is 4.55. The molecule has 7 heteroatoms. The normalized spacial score (nSPS) is 15.4. The molecule has 1 saturated carbocycles. The van der Waals surface area contributed by atoms with Gasteiger partial charge >= 0.3 is 5.97 Å². The summed E-state index contributed by atoms with van der Waals surface area (Å²) in [6.07, 6.45) is 3.00. The van der Waals surface area contributed by atoms with Crippen LogP contribution in [-0.4, -0.2) is 27.2 Å². The number of aromatic carboxylic acids is 1. The first kappa shape index (κ1) is 17.3. The van der Waals surface area contributed by atoms with E-state index in [-0.39, 0.29) is 35.2 Å². The Kier molecular flexibility index (Phi) is 4.20. The number of halogens is 1. The number of rotatable bonds is 5. The van der Waals surface area contributed by atoms with Crippen molar-refractivity contribution in [3.8, 4) is 0 Å². The Labute approximate surface area is 143 Å². The average molecular weight is 345 g/mol. The topological polar surface area (TPSA) is 109 Å². The Morgan fingerprint density at radius 3 is 2.68 bits per heavy atom. The maximum Gasteiger partial charge on any atom is 0.341 e. The van der Waals surface area contributed by atoms with Crippen LogP contribution in [-0.2, 0) is 0 Å². The Morgan fingerprint density at radius 2 is 2.16 bits per heavy atom. The summed E-state index contributed by atoms with van der Waals surface area (Å²) in [4.78, 5) is 23.8. The van der Waals surface area contributed by atoms with E-state index in [2.05, 4.69) is 0 Å². The van der Waals surface area contributed by atoms with Gasteiger partial charge in [-0.25, -0.2) is 9.18 Å². The molecule has 0 aromatic carbocycles. The molecule has 1 aliphatic rings. The molecule has 1 aliphatic carbocycles. The van der Waals surface area contributed by atoms with Crippen LogP contribution < -0.4 is 11.3 Å². The second-order valence-electron chi connectivity index (χ2n) is 6.75. The van der Waals surface area contributed by atoms with Gasteiger partial charge in [0.05, 0.1) is 5.52 Å². The van der Waals surface area contributed by atoms with Crippen LogP contribution in [0.3, 0.4) is 0 Å². The first-order valence-corrected chi connectivity index (χ1v) is 8.17. The van der Waals surface area contributed by atoms with Crippen LogP contribution in [0.2, 0.25) is 0 Å². The van der Waals surface area contributed by atoms with Gasteiger partial charge in [-0.15, -0.1) is 0 Å². The molecule has 0 aliphatic heterocycles. The molecule has 0 bridgehead atoms. The lowest BCUT2D eigenvalue weighted by Gasteiger charge is -2.17. The number of hydrogen-bond donors (Lipinski definition) is 3. The fraction of sp³-hybridized carbons (Fsp3) is 0.389. The van der Waals surface area contributed by atoms with E-state index in [1.165, 1.54) is 6.07 Å². The van der Waals surface area contributed by atoms with Crippen molar-refractivity contribution in [2.75, 3.05) is 0 Å². The van der Waals surface area contributed by atoms with Gasteiger partial charge in [-0.3, -0.25) is 9.20 Å². The Balaban J connectivity index is 2.36. The predicted octanol–water partition coefficient (Wildman–Crippen LogP) is 2.43. The van der Waals surface area contributed by atoms with Crippen LogP contribution in [0, 0.1) is 18.2 Å². The number of nitrogens with one attached hydrogen (secondary N) is 1. The van der Waals surface area contributed by atoms with Crippen LogP contribution in [0.1, 0.15) is 59.2 Å². The number of carbonyl (C=O) groups is 1. The number of carboxylic acids is 1. The summed E-state index contributed by atoms with van der Waals surface area (Å²) in [7, 11) is 0. The van der Waals surface area contributed by atoms with Crippen molar-refractivity contribution in [3.63, 3.8) is 0 Å². The number of aryl methyl sites for hydroxylation is 1. The summed E-state index contributed by atoms with van der Waals surface area (Å²) < 4.78 is 15.7. The van der Waals surface area contributed by atoms with E-state index in [0.29, 0.717) is 11.1 Å². The highest BCUT2D eigenvalue weighted by atomic mass is 19.1. The summed E-state index contributed by atoms with van der Waals surface area (Å²) in [5, 5.41) is 17.5. The molecule has 0 saturated heterocycles. The molecule has 0 unspecified atom stereocenters. The second-order valence-corrected chi connectivity index (χ2v) is 6.75. The van der Waals surface area contributed by atoms with Crippen molar-refractivity contribution in [3.05, 3.63) is 50.7 Å². The molecule has 0 amide bonds. The fourth-order valence-corrected chi connectivity index (χ4v) is 3.31. The molecule has 0 spiro atoms. The molecule has 2 aromatic heterocycles. The maximum atomic E-state index is 14.7. The largest absolute Gasteiger partial charge is 0.477 e. The standard InChI is InChI=1S/C18H20FN3O3/c1-8(20)5-14(21)15-9(2)16-11(10-3-4-10)6-12(18(24)25)17(23)22(16)7-13(15)19/h6-8,10,21H,3-5,20H2,1-2H3,(H,24,25)/t8-/m0/s1. The first-order chi connectivity index (χ1) is 11.7. The molecular weight excluding hydrogens is 325 g/mol. The smallest absolute Gasteiger partial charge is 0.341 e. The van der Waals surface area contributed by atoms with Gasteiger partial charge in [0.25, 0.3) is 5.56 Å². The van der Waals surface area contributed by atoms with E-state index in [1.807, 2.05) is 0 Å². The Bertz CT molecular complexity index is 958. The Hall–Kier alpha value is -2.54. The van der Waals surface area contributed by atoms with Gasteiger partial charge in [0.2, 0.25) is 0 Å². The van der Waals surface area contributed by atoms with Crippen molar-refractivity contribution < 1.29 is 14.3 Å². The van der Waals surface area contributed by atoms with Crippen molar-refractivity contribution >= 4 is 17.2 Å². The zero-order valence-electron chi connectivity index (χ0n) is 14.1. The molecule has 4 N–H and O–H groups in total. The van der Waals surface area contributed by atoms with Crippen LogP contribution in [0.4, 0.5) is 4.39 Å². The first-order valence-electron chi connectivity index (χ1n) is 8.17. The Morgan fingerprint density at radius 1 is 1.52 bits per heavy atom. The molecule has 3 rings (SSSR count). The van der Waals surface area contributed by atoms with Crippen molar-refractivity contribution in [1.29, 1.82) is 5.41 Å². The number of hydrogen-bond acceptors (Lipinski definition) is 4. The summed E-state index contributed by atoms with van der Waals surface area (Å²) in [6, 6.07) is 1.11. The number of aromatic nitrogens is 1. The molecule has 25 heavy (non-hydrogen) atoms. The van der Waals surface area contributed by atoms with Crippen molar-refractivity contribution in [2.45, 2.75) is 45.1 Å². The molecule has 2 heterocycles. The van der Waals surface area contributed by atoms with Gasteiger partial charge in [0.1, 0.15) is 11.4 Å². The molecule has 132 valence electrons. The molecule has 1 fully saturated rings. The molecular formula is C18H20FN3O3. The van der Waals surface area contributed by atoms with Gasteiger partial charge in [-0.1, -0.05) is 0 Å². The summed E-state index contributed by atoms with van der Waals surface area (Å²) >= 11 is 0. The van der Waals surface area contributed by atoms with Gasteiger partial charge in [0, 0.05) is 29.9 Å². The average Bonchev–Trinajstić information content (AvgIpc) is 3.31. The lowest BCUT2D eigenvalue weighted by molar-refractivity contribution is 0.0694. The van der Waals surface area contributed by atoms with E-state index in [0.717, 1.165) is 29.0 Å². The van der Waals surface area contributed by atoms with Gasteiger partial charge in [0.15, 0.2) is 0 Å². The molecule has 2 aromatic rings. The minimum atomic E-state index is -1.33. The van der Waals surface area contributed by atoms with Crippen molar-refractivity contribution in [1.82, 2.24) is 4.40 Å². The molecule has 1 atom stereocenters. The van der Waals surface area contributed by atoms with E-state index < -0.39 is 17.3 Å². The van der Waals surface area contributed by atoms with Gasteiger partial charge < -0.3 is 16.2 Å². The van der Waals surface area contributed by atoms with Crippen LogP contribution in [0.15, 0.2) is 17.1 Å². The highest BCUT2D eigenvalue weighted by Gasteiger charge is 2.30. The molecule has 0 radical (unpaired) electrons. The maximum absolute atomic E-state index is 14.7. The van der Waals surface area contributed by atoms with Crippen molar-refractivity contribution in [2.24, 2.45) is 5.73 Å². The van der Waals surface area contributed by atoms with Crippen LogP contribution in [0.5, 0.6) is 0 Å². The SMILES string of the molecule is Cc1c(C(=N)C[C@H](C)N)c(F)cn2c(=O)c(C(=O)O)cc(C3CC3)c12. The zero-order chi connectivity index (χ0) is 18.5. The number of pyridine rings is 2. The third kappa shape index (κ3) is 2.95. The van der Waals surface area contributed by atoms with Crippen LogP contribution >= 0.6 is 0 Å². The lowest BCUT2D eigenvalue weighted by Crippen LogP contribution is -2.26. The monoisotopic (exact) mass is 345 g/mol. The van der Waals surface area contributed by atoms with Crippen LogP contribution in [0.25, 0.3) is 5.52 Å². The number of carboxylic acid groups (broad SMARTS) is 1. The number of nitrogens with zero attached hydrogens (tertiary/aromatic N) is 1. The highest BCUT2D eigenvalue weighted by molar-refractivity contribution is 6.02. The summed E-state index contributed by atoms with van der Waals surface area (Å²) in [5.74, 6) is -1.89. The quantitative estimate of drug-likeness (QED) is 0.723. The van der Waals surface area contributed by atoms with E-state index in [9.17, 15) is 19.1 Å². The van der Waals surface area contributed by atoms with E-state index >= 15 is 0 Å². The van der Waals surface area contributed by atoms with E-state index in [4.69, 9.17) is 11.1 Å². The molecule has 6 nitrogen and oxygen atoms in total. The second kappa shape index (κ2) is 6.07. The third-order valence-corrected chi connectivity index (χ3v) is 4.55. The number of nitrogens with two attached hydrogens (primary N) is 1. The number of fused-ring (bicyclic) bond motifs is 1. The van der Waals surface area contributed by atoms with E-state index in [1.54, 1.807) is 13.8 Å². The minimum absolute atomic E-state index is 0.0732. The predicted molar refractivity (Wildman–Crippen MR) is 92.4 cm³/mol. The minimum Gasteiger partial charge on any atom is -0.477 e. The lowest BCUT2D eigenvalue weighted by atomic mass is 9.95.